The average molecular weight is 498 g/mol. The van der Waals surface area contributed by atoms with Crippen molar-refractivity contribution >= 4 is 23.3 Å². The van der Waals surface area contributed by atoms with Gasteiger partial charge in [-0.1, -0.05) is 23.7 Å². The highest BCUT2D eigenvalue weighted by Crippen LogP contribution is 2.22. The molecule has 0 bridgehead atoms. The fourth-order valence-corrected chi connectivity index (χ4v) is 3.26. The number of benzene rings is 2. The number of carbonyl (C=O) groups is 1. The van der Waals surface area contributed by atoms with Crippen molar-refractivity contribution in [1.82, 2.24) is 24.6 Å². The maximum absolute atomic E-state index is 13.2. The molecule has 2 heterocycles. The van der Waals surface area contributed by atoms with Gasteiger partial charge in [0.25, 0.3) is 5.88 Å². The van der Waals surface area contributed by atoms with E-state index in [0.717, 1.165) is 10.1 Å². The minimum atomic E-state index is -0.758. The monoisotopic (exact) mass is 497 g/mol. The number of ether oxygens (including phenoxy) is 1. The highest BCUT2D eigenvalue weighted by Gasteiger charge is 2.10. The van der Waals surface area contributed by atoms with Crippen molar-refractivity contribution in [3.05, 3.63) is 98.0 Å². The van der Waals surface area contributed by atoms with Crippen molar-refractivity contribution in [2.45, 2.75) is 13.1 Å². The number of rotatable bonds is 8. The third-order valence-corrected chi connectivity index (χ3v) is 5.03. The van der Waals surface area contributed by atoms with Gasteiger partial charge >= 0.3 is 17.4 Å². The largest absolute Gasteiger partial charge is 0.436 e. The maximum Gasteiger partial charge on any atom is 0.335 e. The predicted octanol–water partition coefficient (Wildman–Crippen LogP) is 1.72. The first-order valence-corrected chi connectivity index (χ1v) is 10.7. The second kappa shape index (κ2) is 10.6. The Balaban J connectivity index is 1.72. The van der Waals surface area contributed by atoms with E-state index in [1.165, 1.54) is 10.8 Å². The van der Waals surface area contributed by atoms with Gasteiger partial charge < -0.3 is 20.3 Å². The molecule has 0 saturated carbocycles. The van der Waals surface area contributed by atoms with Crippen LogP contribution >= 0.6 is 11.6 Å². The van der Waals surface area contributed by atoms with Crippen molar-refractivity contribution in [3.63, 3.8) is 0 Å². The van der Waals surface area contributed by atoms with Gasteiger partial charge in [-0.15, -0.1) is 0 Å². The van der Waals surface area contributed by atoms with Crippen LogP contribution in [0.5, 0.6) is 11.6 Å². The summed E-state index contributed by atoms with van der Waals surface area (Å²) >= 11 is 5.97. The highest BCUT2D eigenvalue weighted by molar-refractivity contribution is 6.30. The average Bonchev–Trinajstić information content (AvgIpc) is 3.34. The molecule has 0 aliphatic carbocycles. The molecule has 35 heavy (non-hydrogen) atoms. The summed E-state index contributed by atoms with van der Waals surface area (Å²) in [5, 5.41) is 6.58. The molecule has 12 nitrogen and oxygen atoms in total. The van der Waals surface area contributed by atoms with E-state index in [-0.39, 0.29) is 25.3 Å². The van der Waals surface area contributed by atoms with Crippen LogP contribution in [0.25, 0.3) is 0 Å². The van der Waals surface area contributed by atoms with Crippen LogP contribution in [-0.4, -0.2) is 31.9 Å². The second-order valence-electron chi connectivity index (χ2n) is 7.24. The van der Waals surface area contributed by atoms with Crippen LogP contribution < -0.4 is 32.8 Å². The minimum Gasteiger partial charge on any atom is -0.436 e. The van der Waals surface area contributed by atoms with Gasteiger partial charge in [0.2, 0.25) is 5.62 Å². The fourth-order valence-electron chi connectivity index (χ4n) is 3.13. The molecule has 2 amide bonds. The number of aromatic amines is 1. The van der Waals surface area contributed by atoms with Crippen LogP contribution in [-0.2, 0) is 13.1 Å². The number of primary amides is 1. The molecule has 0 spiro atoms. The molecule has 0 aliphatic heterocycles. The lowest BCUT2D eigenvalue weighted by atomic mass is 10.2. The van der Waals surface area contributed by atoms with Gasteiger partial charge in [-0.25, -0.2) is 23.9 Å². The van der Waals surface area contributed by atoms with E-state index < -0.39 is 17.4 Å². The first-order chi connectivity index (χ1) is 16.9. The van der Waals surface area contributed by atoms with Crippen LogP contribution in [0.4, 0.5) is 10.5 Å². The van der Waals surface area contributed by atoms with E-state index in [0.29, 0.717) is 22.3 Å². The van der Waals surface area contributed by atoms with E-state index in [1.807, 2.05) is 0 Å². The molecule has 0 atom stereocenters. The molecule has 4 aromatic rings. The summed E-state index contributed by atoms with van der Waals surface area (Å²) in [4.78, 5) is 43.9. The molecule has 0 saturated heterocycles. The molecule has 0 aliphatic rings. The Morgan fingerprint density at radius 3 is 2.51 bits per heavy atom. The van der Waals surface area contributed by atoms with Crippen molar-refractivity contribution < 1.29 is 14.1 Å². The lowest BCUT2D eigenvalue weighted by Crippen LogP contribution is -2.51. The van der Waals surface area contributed by atoms with Gasteiger partial charge in [0, 0.05) is 24.2 Å². The van der Waals surface area contributed by atoms with Crippen LogP contribution in [0, 0.1) is 0 Å². The Hall–Kier alpha value is -4.58. The first-order valence-electron chi connectivity index (χ1n) is 10.3. The van der Waals surface area contributed by atoms with Gasteiger partial charge in [0.05, 0.1) is 12.2 Å². The van der Waals surface area contributed by atoms with Crippen LogP contribution in [0.1, 0.15) is 5.56 Å². The first kappa shape index (κ1) is 23.6. The number of aromatic nitrogens is 4. The number of hydrogen-bond donors (Lipinski definition) is 3. The quantitative estimate of drug-likeness (QED) is 0.335. The molecule has 4 rings (SSSR count). The number of urea groups is 1. The summed E-state index contributed by atoms with van der Waals surface area (Å²) in [6.45, 7) is 0.0387. The summed E-state index contributed by atoms with van der Waals surface area (Å²) in [5.74, 6) is 0.798. The number of nitrogens with zero attached hydrogens (tertiary/aromatic N) is 4. The Morgan fingerprint density at radius 1 is 1.11 bits per heavy atom. The number of amides is 2. The summed E-state index contributed by atoms with van der Waals surface area (Å²) in [6, 6.07) is 14.4. The fraction of sp³-hybridized carbons (Fsp3) is 0.136. The Labute approximate surface area is 202 Å². The number of nitrogens with two attached hydrogens (primary N) is 1. The van der Waals surface area contributed by atoms with Crippen LogP contribution in [0.3, 0.4) is 0 Å². The lowest BCUT2D eigenvalue weighted by molar-refractivity contribution is 0.248. The molecule has 180 valence electrons. The number of nitrogens with one attached hydrogen (secondary N) is 2. The van der Waals surface area contributed by atoms with Gasteiger partial charge in [0.15, 0.2) is 0 Å². The number of carbonyl (C=O) groups excluding carboxylic acids is 1. The van der Waals surface area contributed by atoms with Crippen molar-refractivity contribution in [2.24, 2.45) is 10.7 Å². The van der Waals surface area contributed by atoms with E-state index in [1.54, 1.807) is 54.6 Å². The second-order valence-corrected chi connectivity index (χ2v) is 7.67. The zero-order chi connectivity index (χ0) is 24.8. The number of halogens is 1. The molecule has 2 aromatic carbocycles. The van der Waals surface area contributed by atoms with E-state index >= 15 is 0 Å². The standard InChI is InChI=1S/C22H20ClN7O5/c23-15-3-1-14(2-4-15)13-30-20(27-21(32)29(22(30)33)11-10-25-19(24)31)26-16-5-7-17(8-6-16)35-18-9-12-34-28-18/h1-9,12H,10-11,13H2,(H3,24,25,31)(H,26,27,32). The molecular formula is C22H20ClN7O5. The number of hydrogen-bond acceptors (Lipinski definition) is 7. The molecule has 2 aromatic heterocycles. The summed E-state index contributed by atoms with van der Waals surface area (Å²) < 4.78 is 12.5. The normalized spacial score (nSPS) is 11.4. The van der Waals surface area contributed by atoms with Gasteiger partial charge in [-0.05, 0) is 47.1 Å². The highest BCUT2D eigenvalue weighted by atomic mass is 35.5. The topological polar surface area (TPSA) is 163 Å². The number of H-pyrrole nitrogens is 1. The van der Waals surface area contributed by atoms with Crippen LogP contribution in [0.2, 0.25) is 5.02 Å². The van der Waals surface area contributed by atoms with Crippen molar-refractivity contribution in [3.8, 4) is 11.6 Å². The summed E-state index contributed by atoms with van der Waals surface area (Å²) in [5.41, 5.74) is 5.04. The Bertz CT molecular complexity index is 1490. The van der Waals surface area contributed by atoms with E-state index in [9.17, 15) is 14.4 Å². The van der Waals surface area contributed by atoms with Gasteiger partial charge in [0.1, 0.15) is 12.0 Å². The van der Waals surface area contributed by atoms with E-state index in [4.69, 9.17) is 26.6 Å². The summed E-state index contributed by atoms with van der Waals surface area (Å²) in [7, 11) is 0. The van der Waals surface area contributed by atoms with E-state index in [2.05, 4.69) is 20.4 Å². The van der Waals surface area contributed by atoms with Crippen LogP contribution in [0.15, 0.2) is 80.0 Å². The molecular weight excluding hydrogens is 478 g/mol. The zero-order valence-electron chi connectivity index (χ0n) is 18.2. The predicted molar refractivity (Wildman–Crippen MR) is 126 cm³/mol. The Morgan fingerprint density at radius 2 is 1.86 bits per heavy atom. The SMILES string of the molecule is NC(=O)NCCn1c(=O)[nH]/c(=N\c2ccc(Oc3ccon3)cc2)n(Cc2ccc(Cl)cc2)c1=O. The lowest BCUT2D eigenvalue weighted by Gasteiger charge is -2.11. The molecule has 4 N–H and O–H groups in total. The Kier molecular flexibility index (Phi) is 7.12. The third kappa shape index (κ3) is 6.06. The third-order valence-electron chi connectivity index (χ3n) is 4.78. The molecule has 0 fully saturated rings. The zero-order valence-corrected chi connectivity index (χ0v) is 18.9. The molecule has 0 unspecified atom stereocenters. The van der Waals surface area contributed by atoms with Crippen molar-refractivity contribution in [1.29, 1.82) is 0 Å². The van der Waals surface area contributed by atoms with Crippen molar-refractivity contribution in [2.75, 3.05) is 6.54 Å². The van der Waals surface area contributed by atoms with Gasteiger partial charge in [-0.2, -0.15) is 0 Å². The molecule has 0 radical (unpaired) electrons. The smallest absolute Gasteiger partial charge is 0.335 e. The van der Waals surface area contributed by atoms with Gasteiger partial charge in [-0.3, -0.25) is 9.55 Å². The summed E-state index contributed by atoms with van der Waals surface area (Å²) in [6.07, 6.45) is 1.39. The minimum absolute atomic E-state index is 0.00272. The maximum atomic E-state index is 13.2. The molecule has 13 heteroatoms.